The number of carbonyl (C=O) groups is 1. The third kappa shape index (κ3) is 1.64. The average molecular weight is 263 g/mol. The first-order valence-electron chi connectivity index (χ1n) is 7.30. The van der Waals surface area contributed by atoms with Gasteiger partial charge in [-0.1, -0.05) is 24.3 Å². The van der Waals surface area contributed by atoms with Gasteiger partial charge in [-0.05, 0) is 54.4 Å². The zero-order chi connectivity index (χ0) is 13.7. The maximum absolute atomic E-state index is 12.8. The number of benzene rings is 1. The van der Waals surface area contributed by atoms with Crippen molar-refractivity contribution < 1.29 is 4.79 Å². The number of pyridine rings is 1. The van der Waals surface area contributed by atoms with Gasteiger partial charge >= 0.3 is 0 Å². The summed E-state index contributed by atoms with van der Waals surface area (Å²) in [6, 6.07) is 10.5. The van der Waals surface area contributed by atoms with E-state index in [1.54, 1.807) is 12.4 Å². The lowest BCUT2D eigenvalue weighted by Crippen LogP contribution is -2.06. The highest BCUT2D eigenvalue weighted by Gasteiger charge is 2.56. The molecule has 2 nitrogen and oxygen atoms in total. The molecule has 100 valence electrons. The molecule has 20 heavy (non-hydrogen) atoms. The molecule has 4 rings (SSSR count). The highest BCUT2D eigenvalue weighted by atomic mass is 16.1. The van der Waals surface area contributed by atoms with Crippen molar-refractivity contribution in [3.8, 4) is 0 Å². The summed E-state index contributed by atoms with van der Waals surface area (Å²) in [7, 11) is 0. The van der Waals surface area contributed by atoms with Crippen LogP contribution in [0, 0.1) is 18.8 Å². The summed E-state index contributed by atoms with van der Waals surface area (Å²) >= 11 is 0. The largest absolute Gasteiger partial charge is 0.294 e. The second kappa shape index (κ2) is 4.27. The monoisotopic (exact) mass is 263 g/mol. The maximum atomic E-state index is 12.8. The van der Waals surface area contributed by atoms with Gasteiger partial charge in [0.15, 0.2) is 5.78 Å². The van der Waals surface area contributed by atoms with Crippen molar-refractivity contribution in [2.45, 2.75) is 25.7 Å². The van der Waals surface area contributed by atoms with Gasteiger partial charge in [-0.25, -0.2) is 0 Å². The quantitative estimate of drug-likeness (QED) is 0.776. The third-order valence-electron chi connectivity index (χ3n) is 4.94. The minimum Gasteiger partial charge on any atom is -0.294 e. The first-order valence-corrected chi connectivity index (χ1v) is 7.30. The number of Topliss-reactive ketones (excluding diaryl/α,β-unsaturated/α-hetero) is 1. The van der Waals surface area contributed by atoms with E-state index in [0.29, 0.717) is 17.6 Å². The smallest absolute Gasteiger partial charge is 0.168 e. The van der Waals surface area contributed by atoms with Crippen LogP contribution in [0.25, 0.3) is 0 Å². The molecule has 2 aliphatic rings. The summed E-state index contributed by atoms with van der Waals surface area (Å²) in [6.45, 7) is 1.99. The molecule has 0 bridgehead atoms. The molecule has 1 aromatic heterocycles. The normalized spacial score (nSPS) is 26.6. The number of aryl methyl sites for hydroxylation is 2. The van der Waals surface area contributed by atoms with Gasteiger partial charge in [0, 0.05) is 23.9 Å². The van der Waals surface area contributed by atoms with Gasteiger partial charge in [0.2, 0.25) is 0 Å². The molecule has 1 saturated carbocycles. The lowest BCUT2D eigenvalue weighted by molar-refractivity contribution is 0.0958. The van der Waals surface area contributed by atoms with E-state index in [1.807, 2.05) is 13.0 Å². The number of aromatic nitrogens is 1. The number of hydrogen-bond acceptors (Lipinski definition) is 2. The van der Waals surface area contributed by atoms with E-state index in [2.05, 4.69) is 29.2 Å². The summed E-state index contributed by atoms with van der Waals surface area (Å²) < 4.78 is 0. The van der Waals surface area contributed by atoms with Crippen LogP contribution in [0.2, 0.25) is 0 Å². The summed E-state index contributed by atoms with van der Waals surface area (Å²) in [5.41, 5.74) is 4.70. The topological polar surface area (TPSA) is 30.0 Å². The van der Waals surface area contributed by atoms with Crippen LogP contribution in [-0.4, -0.2) is 10.8 Å². The average Bonchev–Trinajstić information content (AvgIpc) is 3.22. The molecule has 0 saturated heterocycles. The van der Waals surface area contributed by atoms with E-state index in [4.69, 9.17) is 0 Å². The number of ketones is 1. The van der Waals surface area contributed by atoms with Crippen molar-refractivity contribution in [1.82, 2.24) is 4.98 Å². The van der Waals surface area contributed by atoms with Crippen molar-refractivity contribution in [2.24, 2.45) is 11.8 Å². The predicted molar refractivity (Wildman–Crippen MR) is 77.8 cm³/mol. The second-order valence-electron chi connectivity index (χ2n) is 6.01. The van der Waals surface area contributed by atoms with Gasteiger partial charge < -0.3 is 0 Å². The standard InChI is InChI=1S/C18H17NO/c1-11-8-9-19-10-15(11)18(20)17-14-7-6-12-4-2-3-5-13(12)16(14)17/h2-5,8-10,14,16-17H,6-7H2,1H3. The molecule has 0 spiro atoms. The van der Waals surface area contributed by atoms with Crippen LogP contribution < -0.4 is 0 Å². The molecular weight excluding hydrogens is 246 g/mol. The molecule has 1 aromatic carbocycles. The second-order valence-corrected chi connectivity index (χ2v) is 6.01. The van der Waals surface area contributed by atoms with Crippen molar-refractivity contribution >= 4 is 5.78 Å². The summed E-state index contributed by atoms with van der Waals surface area (Å²) in [4.78, 5) is 16.9. The van der Waals surface area contributed by atoms with E-state index >= 15 is 0 Å². The minimum atomic E-state index is 0.182. The zero-order valence-electron chi connectivity index (χ0n) is 11.5. The van der Waals surface area contributed by atoms with Crippen LogP contribution in [0.3, 0.4) is 0 Å². The lowest BCUT2D eigenvalue weighted by atomic mass is 9.92. The number of rotatable bonds is 2. The third-order valence-corrected chi connectivity index (χ3v) is 4.94. The van der Waals surface area contributed by atoms with Gasteiger partial charge in [-0.3, -0.25) is 9.78 Å². The van der Waals surface area contributed by atoms with Crippen LogP contribution in [0.15, 0.2) is 42.7 Å². The van der Waals surface area contributed by atoms with E-state index in [1.165, 1.54) is 11.1 Å². The Labute approximate surface area is 118 Å². The van der Waals surface area contributed by atoms with E-state index in [9.17, 15) is 4.79 Å². The Morgan fingerprint density at radius 2 is 2.10 bits per heavy atom. The van der Waals surface area contributed by atoms with Gasteiger partial charge in [0.25, 0.3) is 0 Å². The van der Waals surface area contributed by atoms with E-state index in [0.717, 1.165) is 24.0 Å². The molecule has 3 unspecified atom stereocenters. The minimum absolute atomic E-state index is 0.182. The Balaban J connectivity index is 1.68. The summed E-state index contributed by atoms with van der Waals surface area (Å²) in [6.07, 6.45) is 5.75. The summed E-state index contributed by atoms with van der Waals surface area (Å²) in [5, 5.41) is 0. The highest BCUT2D eigenvalue weighted by molar-refractivity contribution is 6.01. The molecular formula is C18H17NO. The Bertz CT molecular complexity index is 691. The van der Waals surface area contributed by atoms with Gasteiger partial charge in [0.1, 0.15) is 0 Å². The lowest BCUT2D eigenvalue weighted by Gasteiger charge is -2.13. The molecule has 2 aromatic rings. The molecule has 0 N–H and O–H groups in total. The van der Waals surface area contributed by atoms with Crippen molar-refractivity contribution in [3.63, 3.8) is 0 Å². The first kappa shape index (κ1) is 11.8. The van der Waals surface area contributed by atoms with Crippen molar-refractivity contribution in [3.05, 3.63) is 65.0 Å². The number of hydrogen-bond donors (Lipinski definition) is 0. The molecule has 1 heterocycles. The zero-order valence-corrected chi connectivity index (χ0v) is 11.5. The van der Waals surface area contributed by atoms with Crippen LogP contribution in [0.5, 0.6) is 0 Å². The molecule has 0 radical (unpaired) electrons. The Morgan fingerprint density at radius 1 is 1.25 bits per heavy atom. The molecule has 2 aliphatic carbocycles. The van der Waals surface area contributed by atoms with Crippen LogP contribution in [0.4, 0.5) is 0 Å². The number of nitrogens with zero attached hydrogens (tertiary/aromatic N) is 1. The molecule has 3 atom stereocenters. The Hall–Kier alpha value is -1.96. The molecule has 0 amide bonds. The SMILES string of the molecule is Cc1ccncc1C(=O)C1C2CCc3ccccc3C21. The first-order chi connectivity index (χ1) is 9.77. The Kier molecular flexibility index (Phi) is 2.53. The van der Waals surface area contributed by atoms with Crippen molar-refractivity contribution in [1.29, 1.82) is 0 Å². The molecule has 1 fully saturated rings. The van der Waals surface area contributed by atoms with E-state index in [-0.39, 0.29) is 5.92 Å². The van der Waals surface area contributed by atoms with Crippen LogP contribution >= 0.6 is 0 Å². The fourth-order valence-corrected chi connectivity index (χ4v) is 3.83. The fourth-order valence-electron chi connectivity index (χ4n) is 3.83. The van der Waals surface area contributed by atoms with Crippen molar-refractivity contribution in [2.75, 3.05) is 0 Å². The van der Waals surface area contributed by atoms with Gasteiger partial charge in [0.05, 0.1) is 0 Å². The van der Waals surface area contributed by atoms with Gasteiger partial charge in [-0.2, -0.15) is 0 Å². The number of fused-ring (bicyclic) bond motifs is 3. The van der Waals surface area contributed by atoms with E-state index < -0.39 is 0 Å². The fraction of sp³-hybridized carbons (Fsp3) is 0.333. The number of carbonyl (C=O) groups excluding carboxylic acids is 1. The van der Waals surface area contributed by atoms with Crippen LogP contribution in [0.1, 0.15) is 39.4 Å². The Morgan fingerprint density at radius 3 is 2.95 bits per heavy atom. The van der Waals surface area contributed by atoms with Crippen LogP contribution in [-0.2, 0) is 6.42 Å². The molecule has 0 aliphatic heterocycles. The predicted octanol–water partition coefficient (Wildman–Crippen LogP) is 3.55. The highest BCUT2D eigenvalue weighted by Crippen LogP contribution is 2.60. The molecule has 2 heteroatoms. The summed E-state index contributed by atoms with van der Waals surface area (Å²) in [5.74, 6) is 1.48. The van der Waals surface area contributed by atoms with Gasteiger partial charge in [-0.15, -0.1) is 0 Å². The maximum Gasteiger partial charge on any atom is 0.168 e.